The highest BCUT2D eigenvalue weighted by Crippen LogP contribution is 2.23. The van der Waals surface area contributed by atoms with Gasteiger partial charge in [-0.15, -0.1) is 0 Å². The summed E-state index contributed by atoms with van der Waals surface area (Å²) in [5, 5.41) is 4.42. The molecule has 0 aliphatic heterocycles. The van der Waals surface area contributed by atoms with E-state index in [2.05, 4.69) is 5.10 Å². The molecule has 0 unspecified atom stereocenters. The van der Waals surface area contributed by atoms with Gasteiger partial charge in [0.2, 0.25) is 0 Å². The number of benzene rings is 3. The van der Waals surface area contributed by atoms with Gasteiger partial charge < -0.3 is 9.64 Å². The zero-order valence-electron chi connectivity index (χ0n) is 17.9. The van der Waals surface area contributed by atoms with Crippen molar-refractivity contribution >= 4 is 11.6 Å². The maximum Gasteiger partial charge on any atom is 0.282 e. The number of hydrogen-bond acceptors (Lipinski definition) is 4. The van der Waals surface area contributed by atoms with Gasteiger partial charge in [-0.3, -0.25) is 9.59 Å². The first kappa shape index (κ1) is 21.1. The first-order chi connectivity index (χ1) is 15.6. The summed E-state index contributed by atoms with van der Waals surface area (Å²) in [5.74, 6) is -0.227. The number of hydrogen-bond donors (Lipinski definition) is 0. The Bertz CT molecular complexity index is 1270. The Balaban J connectivity index is 1.81. The molecule has 32 heavy (non-hydrogen) atoms. The minimum absolute atomic E-state index is 0.0625. The Morgan fingerprint density at radius 2 is 1.56 bits per heavy atom. The molecule has 0 fully saturated rings. The molecular formula is C26H23N3O3. The quantitative estimate of drug-likeness (QED) is 0.459. The molecule has 6 nitrogen and oxygen atoms in total. The lowest BCUT2D eigenvalue weighted by molar-refractivity contribution is 0.0975. The van der Waals surface area contributed by atoms with Crippen molar-refractivity contribution in [1.29, 1.82) is 0 Å². The Hall–Kier alpha value is -4.19. The van der Waals surface area contributed by atoms with E-state index in [-0.39, 0.29) is 22.9 Å². The van der Waals surface area contributed by atoms with Crippen molar-refractivity contribution in [3.63, 3.8) is 0 Å². The monoisotopic (exact) mass is 425 g/mol. The molecule has 4 aromatic rings. The summed E-state index contributed by atoms with van der Waals surface area (Å²) < 4.78 is 6.59. The molecule has 0 aliphatic rings. The summed E-state index contributed by atoms with van der Waals surface area (Å²) in [7, 11) is 1.42. The Morgan fingerprint density at radius 3 is 2.19 bits per heavy atom. The van der Waals surface area contributed by atoms with E-state index < -0.39 is 0 Å². The van der Waals surface area contributed by atoms with Crippen molar-refractivity contribution in [3.05, 3.63) is 118 Å². The van der Waals surface area contributed by atoms with Gasteiger partial charge in [-0.2, -0.15) is 9.78 Å². The molecule has 1 aromatic heterocycles. The zero-order chi connectivity index (χ0) is 22.5. The van der Waals surface area contributed by atoms with Crippen LogP contribution in [0.3, 0.4) is 0 Å². The fraction of sp³-hybridized carbons (Fsp3) is 0.115. The second kappa shape index (κ2) is 9.31. The van der Waals surface area contributed by atoms with Crippen LogP contribution in [0.5, 0.6) is 5.75 Å². The van der Waals surface area contributed by atoms with Crippen LogP contribution in [0.4, 0.5) is 5.69 Å². The largest absolute Gasteiger partial charge is 0.494 e. The third kappa shape index (κ3) is 4.44. The van der Waals surface area contributed by atoms with Crippen LogP contribution in [-0.2, 0) is 6.54 Å². The number of carbonyl (C=O) groups excluding carboxylic acids is 1. The van der Waals surface area contributed by atoms with Gasteiger partial charge in [-0.05, 0) is 36.8 Å². The maximum absolute atomic E-state index is 13.7. The fourth-order valence-electron chi connectivity index (χ4n) is 3.40. The summed E-state index contributed by atoms with van der Waals surface area (Å²) in [6.45, 7) is 2.31. The first-order valence-corrected chi connectivity index (χ1v) is 10.2. The average Bonchev–Trinajstić information content (AvgIpc) is 2.84. The van der Waals surface area contributed by atoms with Gasteiger partial charge in [0.15, 0.2) is 11.4 Å². The highest BCUT2D eigenvalue weighted by Gasteiger charge is 2.25. The van der Waals surface area contributed by atoms with Gasteiger partial charge in [0.25, 0.3) is 11.5 Å². The Morgan fingerprint density at radius 1 is 0.938 bits per heavy atom. The van der Waals surface area contributed by atoms with Crippen molar-refractivity contribution in [2.45, 2.75) is 13.5 Å². The molecule has 0 saturated heterocycles. The van der Waals surface area contributed by atoms with Crippen LogP contribution in [0, 0.1) is 6.92 Å². The Kier molecular flexibility index (Phi) is 6.12. The average molecular weight is 425 g/mol. The van der Waals surface area contributed by atoms with E-state index in [1.165, 1.54) is 17.9 Å². The number of aromatic nitrogens is 2. The number of carbonyl (C=O) groups is 1. The van der Waals surface area contributed by atoms with Gasteiger partial charge in [-0.25, -0.2) is 0 Å². The van der Waals surface area contributed by atoms with Gasteiger partial charge in [0.1, 0.15) is 0 Å². The number of anilines is 1. The highest BCUT2D eigenvalue weighted by atomic mass is 16.5. The smallest absolute Gasteiger partial charge is 0.282 e. The minimum Gasteiger partial charge on any atom is -0.494 e. The van der Waals surface area contributed by atoms with Crippen molar-refractivity contribution < 1.29 is 9.53 Å². The molecule has 0 aliphatic carbocycles. The first-order valence-electron chi connectivity index (χ1n) is 10.2. The van der Waals surface area contributed by atoms with E-state index in [1.807, 2.05) is 79.7 Å². The van der Waals surface area contributed by atoms with Crippen LogP contribution in [0.25, 0.3) is 5.69 Å². The standard InChI is InChI=1S/C26H23N3O3/c1-19-13-15-22(16-14-19)29-24(30)17-23(32-2)25(27-29)26(31)28(21-11-7-4-8-12-21)18-20-9-5-3-6-10-20/h3-17H,18H2,1-2H3. The van der Waals surface area contributed by atoms with E-state index in [0.717, 1.165) is 16.8 Å². The van der Waals surface area contributed by atoms with Crippen LogP contribution >= 0.6 is 0 Å². The van der Waals surface area contributed by atoms with Crippen LogP contribution in [0.15, 0.2) is 95.8 Å². The lowest BCUT2D eigenvalue weighted by atomic mass is 10.1. The third-order valence-corrected chi connectivity index (χ3v) is 5.09. The number of para-hydroxylation sites is 1. The summed E-state index contributed by atoms with van der Waals surface area (Å²) in [6.07, 6.45) is 0. The molecule has 0 radical (unpaired) electrons. The van der Waals surface area contributed by atoms with Gasteiger partial charge in [0.05, 0.1) is 25.4 Å². The van der Waals surface area contributed by atoms with Crippen LogP contribution in [0.2, 0.25) is 0 Å². The molecule has 6 heteroatoms. The summed E-state index contributed by atoms with van der Waals surface area (Å²) >= 11 is 0. The molecule has 0 atom stereocenters. The molecule has 3 aromatic carbocycles. The molecule has 0 spiro atoms. The summed E-state index contributed by atoms with van der Waals surface area (Å²) in [5.41, 5.74) is 3.01. The van der Waals surface area contributed by atoms with Crippen molar-refractivity contribution in [2.24, 2.45) is 0 Å². The topological polar surface area (TPSA) is 64.4 Å². The highest BCUT2D eigenvalue weighted by molar-refractivity contribution is 6.06. The second-order valence-electron chi connectivity index (χ2n) is 7.36. The number of methoxy groups -OCH3 is 1. The fourth-order valence-corrected chi connectivity index (χ4v) is 3.40. The lowest BCUT2D eigenvalue weighted by Crippen LogP contribution is -2.34. The summed E-state index contributed by atoms with van der Waals surface area (Å²) in [6, 6.07) is 27.7. The van der Waals surface area contributed by atoms with Crippen LogP contribution in [0.1, 0.15) is 21.6 Å². The zero-order valence-corrected chi connectivity index (χ0v) is 17.9. The van der Waals surface area contributed by atoms with E-state index in [4.69, 9.17) is 4.74 Å². The molecule has 0 saturated carbocycles. The van der Waals surface area contributed by atoms with E-state index in [1.54, 1.807) is 17.0 Å². The van der Waals surface area contributed by atoms with Gasteiger partial charge in [0, 0.05) is 5.69 Å². The molecule has 1 heterocycles. The van der Waals surface area contributed by atoms with Crippen molar-refractivity contribution in [3.8, 4) is 11.4 Å². The van der Waals surface area contributed by atoms with E-state index >= 15 is 0 Å². The minimum atomic E-state index is -0.378. The van der Waals surface area contributed by atoms with Gasteiger partial charge in [-0.1, -0.05) is 66.2 Å². The Labute approximate surface area is 186 Å². The van der Waals surface area contributed by atoms with Crippen molar-refractivity contribution in [2.75, 3.05) is 12.0 Å². The molecular weight excluding hydrogens is 402 g/mol. The molecule has 4 rings (SSSR count). The number of aryl methyl sites for hydroxylation is 1. The number of nitrogens with zero attached hydrogens (tertiary/aromatic N) is 3. The summed E-state index contributed by atoms with van der Waals surface area (Å²) in [4.78, 5) is 28.1. The molecule has 160 valence electrons. The predicted molar refractivity (Wildman–Crippen MR) is 125 cm³/mol. The molecule has 1 amide bonds. The SMILES string of the molecule is COc1cc(=O)n(-c2ccc(C)cc2)nc1C(=O)N(Cc1ccccc1)c1ccccc1. The normalized spacial score (nSPS) is 10.6. The van der Waals surface area contributed by atoms with E-state index in [0.29, 0.717) is 12.2 Å². The second-order valence-corrected chi connectivity index (χ2v) is 7.36. The van der Waals surface area contributed by atoms with E-state index in [9.17, 15) is 9.59 Å². The molecule has 0 N–H and O–H groups in total. The number of amides is 1. The van der Waals surface area contributed by atoms with Crippen LogP contribution < -0.4 is 15.2 Å². The third-order valence-electron chi connectivity index (χ3n) is 5.09. The van der Waals surface area contributed by atoms with Gasteiger partial charge >= 0.3 is 0 Å². The predicted octanol–water partition coefficient (Wildman–Crippen LogP) is 4.40. The van der Waals surface area contributed by atoms with Crippen molar-refractivity contribution in [1.82, 2.24) is 9.78 Å². The maximum atomic E-state index is 13.7. The molecule has 0 bridgehead atoms. The van der Waals surface area contributed by atoms with Crippen LogP contribution in [-0.4, -0.2) is 22.8 Å². The number of ether oxygens (including phenoxy) is 1. The number of rotatable bonds is 6. The lowest BCUT2D eigenvalue weighted by Gasteiger charge is -2.23.